The number of anilines is 2. The van der Waals surface area contributed by atoms with Crippen molar-refractivity contribution in [3.8, 4) is 11.3 Å². The van der Waals surface area contributed by atoms with Crippen LogP contribution in [-0.2, 0) is 0 Å². The molecule has 5 heteroatoms. The molecule has 4 aromatic rings. The lowest BCUT2D eigenvalue weighted by molar-refractivity contribution is 1.36. The third-order valence-corrected chi connectivity index (χ3v) is 4.72. The number of para-hydroxylation sites is 1. The zero-order valence-electron chi connectivity index (χ0n) is 14.3. The van der Waals surface area contributed by atoms with Gasteiger partial charge in [0.1, 0.15) is 0 Å². The molecule has 2 N–H and O–H groups in total. The number of thiocarbonyl (C=S) groups is 1. The Kier molecular flexibility index (Phi) is 5.01. The Morgan fingerprint density at radius 1 is 0.815 bits per heavy atom. The smallest absolute Gasteiger partial charge is 0.175 e. The van der Waals surface area contributed by atoms with Crippen molar-refractivity contribution in [3.05, 3.63) is 90.1 Å². The lowest BCUT2D eigenvalue weighted by Gasteiger charge is -2.13. The number of halogens is 1. The first-order valence-electron chi connectivity index (χ1n) is 8.47. The fourth-order valence-electron chi connectivity index (χ4n) is 2.93. The lowest BCUT2D eigenvalue weighted by atomic mass is 10.0. The van der Waals surface area contributed by atoms with Crippen LogP contribution in [0.2, 0.25) is 5.02 Å². The molecule has 0 amide bonds. The average Bonchev–Trinajstić information content (AvgIpc) is 2.70. The van der Waals surface area contributed by atoms with E-state index in [1.807, 2.05) is 66.7 Å². The Labute approximate surface area is 168 Å². The molecule has 132 valence electrons. The third-order valence-electron chi connectivity index (χ3n) is 4.18. The Hall–Kier alpha value is -2.95. The zero-order valence-corrected chi connectivity index (χ0v) is 15.9. The maximum Gasteiger partial charge on any atom is 0.175 e. The highest BCUT2D eigenvalue weighted by Crippen LogP contribution is 2.33. The summed E-state index contributed by atoms with van der Waals surface area (Å²) < 4.78 is 0. The van der Waals surface area contributed by atoms with Crippen LogP contribution in [0.1, 0.15) is 0 Å². The van der Waals surface area contributed by atoms with Crippen molar-refractivity contribution in [1.82, 2.24) is 4.98 Å². The summed E-state index contributed by atoms with van der Waals surface area (Å²) in [6, 6.07) is 25.6. The maximum atomic E-state index is 6.48. The van der Waals surface area contributed by atoms with Crippen LogP contribution >= 0.6 is 23.8 Å². The number of benzene rings is 3. The van der Waals surface area contributed by atoms with Gasteiger partial charge >= 0.3 is 0 Å². The number of hydrogen-bond acceptors (Lipinski definition) is 2. The highest BCUT2D eigenvalue weighted by molar-refractivity contribution is 7.80. The van der Waals surface area contributed by atoms with E-state index in [0.717, 1.165) is 33.4 Å². The predicted octanol–water partition coefficient (Wildman–Crippen LogP) is 6.36. The number of fused-ring (bicyclic) bond motifs is 1. The second-order valence-electron chi connectivity index (χ2n) is 6.02. The van der Waals surface area contributed by atoms with Crippen LogP contribution in [0, 0.1) is 0 Å². The molecule has 0 fully saturated rings. The molecule has 0 radical (unpaired) electrons. The minimum absolute atomic E-state index is 0.514. The van der Waals surface area contributed by atoms with Gasteiger partial charge in [-0.25, -0.2) is 0 Å². The molecule has 0 saturated heterocycles. The van der Waals surface area contributed by atoms with Crippen molar-refractivity contribution < 1.29 is 0 Å². The first-order valence-corrected chi connectivity index (χ1v) is 9.26. The van der Waals surface area contributed by atoms with Crippen molar-refractivity contribution in [2.45, 2.75) is 0 Å². The SMILES string of the molecule is S=C(Nc1ccccc1)Nc1ccc(Cl)c(-c2nccc3ccccc23)c1. The van der Waals surface area contributed by atoms with Gasteiger partial charge in [-0.15, -0.1) is 0 Å². The van der Waals surface area contributed by atoms with Gasteiger partial charge in [0, 0.05) is 28.5 Å². The number of aromatic nitrogens is 1. The van der Waals surface area contributed by atoms with Crippen LogP contribution in [0.3, 0.4) is 0 Å². The van der Waals surface area contributed by atoms with E-state index in [9.17, 15) is 0 Å². The Bertz CT molecular complexity index is 1110. The highest BCUT2D eigenvalue weighted by Gasteiger charge is 2.10. The summed E-state index contributed by atoms with van der Waals surface area (Å²) in [5, 5.41) is 9.72. The summed E-state index contributed by atoms with van der Waals surface area (Å²) in [5.41, 5.74) is 3.49. The van der Waals surface area contributed by atoms with Gasteiger partial charge in [0.25, 0.3) is 0 Å². The lowest BCUT2D eigenvalue weighted by Crippen LogP contribution is -2.18. The van der Waals surface area contributed by atoms with E-state index in [1.54, 1.807) is 6.20 Å². The fourth-order valence-corrected chi connectivity index (χ4v) is 3.38. The number of nitrogens with zero attached hydrogens (tertiary/aromatic N) is 1. The minimum atomic E-state index is 0.514. The normalized spacial score (nSPS) is 10.6. The summed E-state index contributed by atoms with van der Waals surface area (Å²) >= 11 is 11.9. The molecule has 3 nitrogen and oxygen atoms in total. The van der Waals surface area contributed by atoms with Gasteiger partial charge in [0.15, 0.2) is 5.11 Å². The summed E-state index contributed by atoms with van der Waals surface area (Å²) in [4.78, 5) is 4.57. The van der Waals surface area contributed by atoms with Gasteiger partial charge in [-0.3, -0.25) is 4.98 Å². The molecule has 4 rings (SSSR count). The van der Waals surface area contributed by atoms with Gasteiger partial charge in [-0.05, 0) is 54.0 Å². The van der Waals surface area contributed by atoms with Crippen molar-refractivity contribution in [1.29, 1.82) is 0 Å². The molecule has 0 aliphatic heterocycles. The molecule has 0 aliphatic rings. The van der Waals surface area contributed by atoms with Crippen LogP contribution in [-0.4, -0.2) is 10.1 Å². The van der Waals surface area contributed by atoms with E-state index >= 15 is 0 Å². The number of hydrogen-bond donors (Lipinski definition) is 2. The maximum absolute atomic E-state index is 6.48. The second-order valence-corrected chi connectivity index (χ2v) is 6.84. The van der Waals surface area contributed by atoms with E-state index < -0.39 is 0 Å². The molecule has 27 heavy (non-hydrogen) atoms. The third kappa shape index (κ3) is 3.92. The van der Waals surface area contributed by atoms with Gasteiger partial charge in [-0.2, -0.15) is 0 Å². The van der Waals surface area contributed by atoms with E-state index in [0.29, 0.717) is 10.1 Å². The van der Waals surface area contributed by atoms with Crippen molar-refractivity contribution >= 4 is 51.1 Å². The van der Waals surface area contributed by atoms with Crippen LogP contribution < -0.4 is 10.6 Å². The molecule has 0 unspecified atom stereocenters. The van der Waals surface area contributed by atoms with E-state index in [1.165, 1.54) is 0 Å². The molecular formula is C22H16ClN3S. The number of nitrogens with one attached hydrogen (secondary N) is 2. The molecule has 3 aromatic carbocycles. The van der Waals surface area contributed by atoms with Gasteiger partial charge in [0.05, 0.1) is 10.7 Å². The van der Waals surface area contributed by atoms with Gasteiger partial charge in [-0.1, -0.05) is 54.1 Å². The first kappa shape index (κ1) is 17.5. The molecule has 0 spiro atoms. The highest BCUT2D eigenvalue weighted by atomic mass is 35.5. The van der Waals surface area contributed by atoms with Crippen molar-refractivity contribution in [3.63, 3.8) is 0 Å². The van der Waals surface area contributed by atoms with E-state index in [2.05, 4.69) is 27.8 Å². The second kappa shape index (κ2) is 7.74. The van der Waals surface area contributed by atoms with Crippen LogP contribution in [0.4, 0.5) is 11.4 Å². The summed E-state index contributed by atoms with van der Waals surface area (Å²) in [7, 11) is 0. The monoisotopic (exact) mass is 389 g/mol. The fraction of sp³-hybridized carbons (Fsp3) is 0. The molecule has 0 atom stereocenters. The summed E-state index contributed by atoms with van der Waals surface area (Å²) in [5.74, 6) is 0. The Morgan fingerprint density at radius 2 is 1.56 bits per heavy atom. The van der Waals surface area contributed by atoms with Gasteiger partial charge in [0.2, 0.25) is 0 Å². The zero-order chi connectivity index (χ0) is 18.6. The Morgan fingerprint density at radius 3 is 2.41 bits per heavy atom. The topological polar surface area (TPSA) is 37.0 Å². The summed E-state index contributed by atoms with van der Waals surface area (Å²) in [6.07, 6.45) is 1.80. The van der Waals surface area contributed by atoms with Crippen LogP contribution in [0.25, 0.3) is 22.0 Å². The number of pyridine rings is 1. The minimum Gasteiger partial charge on any atom is -0.332 e. The predicted molar refractivity (Wildman–Crippen MR) is 118 cm³/mol. The molecule has 0 aliphatic carbocycles. The quantitative estimate of drug-likeness (QED) is 0.399. The number of rotatable bonds is 3. The molecule has 0 bridgehead atoms. The van der Waals surface area contributed by atoms with Crippen molar-refractivity contribution in [2.75, 3.05) is 10.6 Å². The van der Waals surface area contributed by atoms with Crippen LogP contribution in [0.15, 0.2) is 85.1 Å². The average molecular weight is 390 g/mol. The molecule has 1 aromatic heterocycles. The Balaban J connectivity index is 1.64. The van der Waals surface area contributed by atoms with Crippen molar-refractivity contribution in [2.24, 2.45) is 0 Å². The molecular weight excluding hydrogens is 374 g/mol. The van der Waals surface area contributed by atoms with Crippen LogP contribution in [0.5, 0.6) is 0 Å². The largest absolute Gasteiger partial charge is 0.332 e. The van der Waals surface area contributed by atoms with E-state index in [4.69, 9.17) is 23.8 Å². The first-order chi connectivity index (χ1) is 13.2. The molecule has 1 heterocycles. The standard InChI is InChI=1S/C22H16ClN3S/c23-20-11-10-17(26-22(27)25-16-7-2-1-3-8-16)14-19(20)21-18-9-5-4-6-15(18)12-13-24-21/h1-14H,(H2,25,26,27). The van der Waals surface area contributed by atoms with E-state index in [-0.39, 0.29) is 0 Å². The van der Waals surface area contributed by atoms with Gasteiger partial charge < -0.3 is 10.6 Å². The summed E-state index contributed by atoms with van der Waals surface area (Å²) in [6.45, 7) is 0. The molecule has 0 saturated carbocycles.